The Balaban J connectivity index is 1.23. The molecule has 0 aromatic heterocycles. The Morgan fingerprint density at radius 2 is 1.58 bits per heavy atom. The quantitative estimate of drug-likeness (QED) is 0.708. The Morgan fingerprint density at radius 1 is 0.848 bits per heavy atom. The molecule has 0 radical (unpaired) electrons. The van der Waals surface area contributed by atoms with E-state index in [1.807, 2.05) is 52.3 Å². The second-order valence-electron chi connectivity index (χ2n) is 8.97. The van der Waals surface area contributed by atoms with Gasteiger partial charge in [-0.3, -0.25) is 9.59 Å². The molecule has 2 aliphatic heterocycles. The number of amides is 2. The second-order valence-corrected chi connectivity index (χ2v) is 8.97. The lowest BCUT2D eigenvalue weighted by Gasteiger charge is -2.34. The van der Waals surface area contributed by atoms with Crippen LogP contribution >= 0.6 is 0 Å². The minimum Gasteiger partial charge on any atom is -0.370 e. The Labute approximate surface area is 196 Å². The molecule has 2 saturated heterocycles. The monoisotopic (exact) mass is 444 g/mol. The van der Waals surface area contributed by atoms with E-state index in [0.29, 0.717) is 25.1 Å². The molecular formula is C27H32N4O2. The summed E-state index contributed by atoms with van der Waals surface area (Å²) < 4.78 is 0. The highest BCUT2D eigenvalue weighted by Gasteiger charge is 2.31. The summed E-state index contributed by atoms with van der Waals surface area (Å²) in [5.41, 5.74) is 2.95. The first-order valence-electron chi connectivity index (χ1n) is 12.0. The zero-order chi connectivity index (χ0) is 23.0. The van der Waals surface area contributed by atoms with Gasteiger partial charge in [-0.1, -0.05) is 30.3 Å². The molecule has 2 amide bonds. The molecule has 0 N–H and O–H groups in total. The van der Waals surface area contributed by atoms with Crippen LogP contribution in [0.5, 0.6) is 0 Å². The third-order valence-corrected chi connectivity index (χ3v) is 6.84. The predicted octanol–water partition coefficient (Wildman–Crippen LogP) is 3.47. The molecule has 6 nitrogen and oxygen atoms in total. The number of carbonyl (C=O) groups is 2. The number of hydrogen-bond donors (Lipinski definition) is 0. The van der Waals surface area contributed by atoms with Gasteiger partial charge in [0.1, 0.15) is 0 Å². The number of hydrogen-bond acceptors (Lipinski definition) is 4. The van der Waals surface area contributed by atoms with Gasteiger partial charge in [0, 0.05) is 57.3 Å². The van der Waals surface area contributed by atoms with Crippen molar-refractivity contribution in [3.63, 3.8) is 0 Å². The van der Waals surface area contributed by atoms with Gasteiger partial charge < -0.3 is 14.7 Å². The van der Waals surface area contributed by atoms with Crippen molar-refractivity contribution < 1.29 is 9.59 Å². The molecule has 2 aliphatic rings. The number of nitriles is 1. The lowest BCUT2D eigenvalue weighted by Crippen LogP contribution is -2.45. The van der Waals surface area contributed by atoms with Gasteiger partial charge in [-0.25, -0.2) is 0 Å². The lowest BCUT2D eigenvalue weighted by molar-refractivity contribution is -0.140. The van der Waals surface area contributed by atoms with Crippen molar-refractivity contribution in [1.29, 1.82) is 5.26 Å². The van der Waals surface area contributed by atoms with Crippen LogP contribution in [0, 0.1) is 17.2 Å². The zero-order valence-corrected chi connectivity index (χ0v) is 19.2. The molecule has 2 heterocycles. The number of anilines is 1. The molecule has 2 aromatic carbocycles. The molecule has 0 aliphatic carbocycles. The minimum atomic E-state index is 0.0182. The smallest absolute Gasteiger partial charge is 0.225 e. The van der Waals surface area contributed by atoms with Crippen LogP contribution in [0.3, 0.4) is 0 Å². The zero-order valence-electron chi connectivity index (χ0n) is 19.2. The Morgan fingerprint density at radius 3 is 2.27 bits per heavy atom. The van der Waals surface area contributed by atoms with Crippen molar-refractivity contribution in [1.82, 2.24) is 9.80 Å². The van der Waals surface area contributed by atoms with Crippen molar-refractivity contribution in [2.24, 2.45) is 5.92 Å². The lowest BCUT2D eigenvalue weighted by atomic mass is 9.94. The fourth-order valence-corrected chi connectivity index (χ4v) is 4.83. The third kappa shape index (κ3) is 5.92. The van der Waals surface area contributed by atoms with E-state index in [4.69, 9.17) is 5.26 Å². The van der Waals surface area contributed by atoms with Crippen molar-refractivity contribution in [3.05, 3.63) is 65.7 Å². The van der Waals surface area contributed by atoms with E-state index in [1.165, 1.54) is 5.56 Å². The predicted molar refractivity (Wildman–Crippen MR) is 129 cm³/mol. The maximum atomic E-state index is 13.2. The molecule has 0 atom stereocenters. The SMILES string of the molecule is N#Cc1ccc(N2CCCN(C(=O)C3CCN(C(=O)CCc4ccccc4)CC3)CC2)cc1. The van der Waals surface area contributed by atoms with Crippen molar-refractivity contribution >= 4 is 17.5 Å². The number of rotatable bonds is 5. The Bertz CT molecular complexity index is 975. The molecule has 2 aromatic rings. The summed E-state index contributed by atoms with van der Waals surface area (Å²) in [6, 6.07) is 19.9. The molecule has 0 unspecified atom stereocenters. The molecule has 0 spiro atoms. The fourth-order valence-electron chi connectivity index (χ4n) is 4.83. The maximum Gasteiger partial charge on any atom is 0.225 e. The van der Waals surface area contributed by atoms with E-state index >= 15 is 0 Å². The average molecular weight is 445 g/mol. The van der Waals surface area contributed by atoms with Crippen LogP contribution in [0.1, 0.15) is 36.8 Å². The van der Waals surface area contributed by atoms with Crippen LogP contribution in [0.2, 0.25) is 0 Å². The van der Waals surface area contributed by atoms with Gasteiger partial charge >= 0.3 is 0 Å². The fraction of sp³-hybridized carbons (Fsp3) is 0.444. The number of carbonyl (C=O) groups excluding carboxylic acids is 2. The van der Waals surface area contributed by atoms with Crippen molar-refractivity contribution in [3.8, 4) is 6.07 Å². The highest BCUT2D eigenvalue weighted by Crippen LogP contribution is 2.23. The van der Waals surface area contributed by atoms with E-state index in [1.54, 1.807) is 0 Å². The summed E-state index contributed by atoms with van der Waals surface area (Å²) in [6.07, 6.45) is 3.74. The largest absolute Gasteiger partial charge is 0.370 e. The van der Waals surface area contributed by atoms with Crippen LogP contribution in [0.25, 0.3) is 0 Å². The van der Waals surface area contributed by atoms with Gasteiger partial charge in [0.25, 0.3) is 0 Å². The first kappa shape index (κ1) is 22.8. The summed E-state index contributed by atoms with van der Waals surface area (Å²) in [4.78, 5) is 32.0. The Hall–Kier alpha value is -3.33. The van der Waals surface area contributed by atoms with Crippen LogP contribution in [-0.4, -0.2) is 60.9 Å². The number of nitrogens with zero attached hydrogens (tertiary/aromatic N) is 4. The van der Waals surface area contributed by atoms with E-state index in [9.17, 15) is 9.59 Å². The molecule has 0 bridgehead atoms. The molecular weight excluding hydrogens is 412 g/mol. The van der Waals surface area contributed by atoms with E-state index in [-0.39, 0.29) is 17.7 Å². The van der Waals surface area contributed by atoms with Gasteiger partial charge in [-0.15, -0.1) is 0 Å². The standard InChI is InChI=1S/C27H32N4O2/c28-21-23-7-10-25(11-8-23)29-15-4-16-31(20-19-29)27(33)24-13-17-30(18-14-24)26(32)12-9-22-5-2-1-3-6-22/h1-3,5-8,10-11,24H,4,9,12-20H2. The average Bonchev–Trinajstić information content (AvgIpc) is 3.14. The third-order valence-electron chi connectivity index (χ3n) is 6.84. The van der Waals surface area contributed by atoms with Crippen LogP contribution in [0.15, 0.2) is 54.6 Å². The first-order chi connectivity index (χ1) is 16.1. The van der Waals surface area contributed by atoms with Crippen molar-refractivity contribution in [2.45, 2.75) is 32.1 Å². The molecule has 4 rings (SSSR count). The van der Waals surface area contributed by atoms with Gasteiger partial charge in [0.2, 0.25) is 11.8 Å². The van der Waals surface area contributed by atoms with Crippen LogP contribution in [-0.2, 0) is 16.0 Å². The molecule has 0 saturated carbocycles. The number of aryl methyl sites for hydroxylation is 1. The molecule has 172 valence electrons. The summed E-state index contributed by atoms with van der Waals surface area (Å²) >= 11 is 0. The van der Waals surface area contributed by atoms with Gasteiger partial charge in [0.05, 0.1) is 11.6 Å². The summed E-state index contributed by atoms with van der Waals surface area (Å²) in [5.74, 6) is 0.454. The number of likely N-dealkylation sites (tertiary alicyclic amines) is 1. The molecule has 2 fully saturated rings. The van der Waals surface area contributed by atoms with Gasteiger partial charge in [0.15, 0.2) is 0 Å². The van der Waals surface area contributed by atoms with Crippen LogP contribution < -0.4 is 4.90 Å². The first-order valence-corrected chi connectivity index (χ1v) is 12.0. The number of piperidine rings is 1. The molecule has 6 heteroatoms. The van der Waals surface area contributed by atoms with Crippen molar-refractivity contribution in [2.75, 3.05) is 44.2 Å². The highest BCUT2D eigenvalue weighted by atomic mass is 16.2. The number of benzene rings is 2. The minimum absolute atomic E-state index is 0.0182. The second kappa shape index (κ2) is 11.0. The van der Waals surface area contributed by atoms with E-state index in [2.05, 4.69) is 23.1 Å². The Kier molecular flexibility index (Phi) is 7.62. The van der Waals surface area contributed by atoms with E-state index < -0.39 is 0 Å². The van der Waals surface area contributed by atoms with E-state index in [0.717, 1.165) is 57.5 Å². The summed E-state index contributed by atoms with van der Waals surface area (Å²) in [6.45, 7) is 4.56. The molecule has 33 heavy (non-hydrogen) atoms. The summed E-state index contributed by atoms with van der Waals surface area (Å²) in [5, 5.41) is 8.99. The topological polar surface area (TPSA) is 67.7 Å². The summed E-state index contributed by atoms with van der Waals surface area (Å²) in [7, 11) is 0. The normalized spacial score (nSPS) is 17.4. The van der Waals surface area contributed by atoms with Gasteiger partial charge in [-0.2, -0.15) is 5.26 Å². The maximum absolute atomic E-state index is 13.2. The van der Waals surface area contributed by atoms with Gasteiger partial charge in [-0.05, 0) is 55.5 Å². The highest BCUT2D eigenvalue weighted by molar-refractivity contribution is 5.80. The van der Waals surface area contributed by atoms with Crippen LogP contribution in [0.4, 0.5) is 5.69 Å².